The first-order valence-corrected chi connectivity index (χ1v) is 7.81. The third-order valence-electron chi connectivity index (χ3n) is 3.21. The van der Waals surface area contributed by atoms with Crippen LogP contribution in [0.5, 0.6) is 0 Å². The van der Waals surface area contributed by atoms with E-state index in [1.807, 2.05) is 12.1 Å². The van der Waals surface area contributed by atoms with Crippen LogP contribution in [0.4, 0.5) is 0 Å². The number of hydrogen-bond donors (Lipinski definition) is 1. The van der Waals surface area contributed by atoms with Crippen molar-refractivity contribution >= 4 is 11.6 Å². The Kier molecular flexibility index (Phi) is 10.4. The van der Waals surface area contributed by atoms with Crippen molar-refractivity contribution in [3.05, 3.63) is 35.4 Å². The van der Waals surface area contributed by atoms with Gasteiger partial charge < -0.3 is 5.73 Å². The Morgan fingerprint density at radius 3 is 2.00 bits per heavy atom. The van der Waals surface area contributed by atoms with Crippen molar-refractivity contribution in [3.8, 4) is 0 Å². The number of ketones is 2. The van der Waals surface area contributed by atoms with Crippen LogP contribution in [0.2, 0.25) is 0 Å². The highest BCUT2D eigenvalue weighted by atomic mass is 16.1. The second-order valence-corrected chi connectivity index (χ2v) is 5.41. The summed E-state index contributed by atoms with van der Waals surface area (Å²) in [4.78, 5) is 22.8. The minimum atomic E-state index is -0.0813. The number of Topliss-reactive ketones (excluding diaryl/α,β-unsaturated/α-hetero) is 2. The smallest absolute Gasteiger partial charge is 0.170 e. The average molecular weight is 291 g/mol. The predicted octanol–water partition coefficient (Wildman–Crippen LogP) is 4.11. The average Bonchev–Trinajstić information content (AvgIpc) is 2.48. The molecule has 0 fully saturated rings. The fourth-order valence-corrected chi connectivity index (χ4v) is 1.66. The van der Waals surface area contributed by atoms with Gasteiger partial charge in [-0.25, -0.2) is 0 Å². The highest BCUT2D eigenvalue weighted by Crippen LogP contribution is 2.15. The fraction of sp³-hybridized carbons (Fsp3) is 0.556. The molecule has 0 radical (unpaired) electrons. The fourth-order valence-electron chi connectivity index (χ4n) is 1.66. The summed E-state index contributed by atoms with van der Waals surface area (Å²) in [5.41, 5.74) is 6.98. The van der Waals surface area contributed by atoms with Crippen LogP contribution in [0.1, 0.15) is 75.2 Å². The molecule has 1 aromatic carbocycles. The van der Waals surface area contributed by atoms with E-state index >= 15 is 0 Å². The third-order valence-corrected chi connectivity index (χ3v) is 3.21. The van der Waals surface area contributed by atoms with Gasteiger partial charge in [-0.15, -0.1) is 0 Å². The SMILES string of the molecule is CCC(=O)CC(=O)c1ccc(C(C)C)cc1.CCCCN. The van der Waals surface area contributed by atoms with Gasteiger partial charge in [-0.3, -0.25) is 9.59 Å². The highest BCUT2D eigenvalue weighted by molar-refractivity contribution is 6.07. The number of hydrogen-bond acceptors (Lipinski definition) is 3. The first-order valence-electron chi connectivity index (χ1n) is 7.81. The van der Waals surface area contributed by atoms with Crippen molar-refractivity contribution in [1.82, 2.24) is 0 Å². The summed E-state index contributed by atoms with van der Waals surface area (Å²) in [6.45, 7) is 8.97. The Bertz CT molecular complexity index is 419. The zero-order valence-electron chi connectivity index (χ0n) is 13.8. The van der Waals surface area contributed by atoms with Gasteiger partial charge in [0.05, 0.1) is 6.42 Å². The lowest BCUT2D eigenvalue weighted by molar-refractivity contribution is -0.117. The summed E-state index contributed by atoms with van der Waals surface area (Å²) in [5.74, 6) is 0.376. The molecule has 3 nitrogen and oxygen atoms in total. The second-order valence-electron chi connectivity index (χ2n) is 5.41. The maximum atomic E-state index is 11.7. The van der Waals surface area contributed by atoms with Gasteiger partial charge in [-0.2, -0.15) is 0 Å². The summed E-state index contributed by atoms with van der Waals surface area (Å²) in [6, 6.07) is 7.52. The Morgan fingerprint density at radius 1 is 1.10 bits per heavy atom. The second kappa shape index (κ2) is 11.2. The summed E-state index contributed by atoms with van der Waals surface area (Å²) in [5, 5.41) is 0. The Morgan fingerprint density at radius 2 is 1.67 bits per heavy atom. The molecule has 0 bridgehead atoms. The number of carbonyl (C=O) groups is 2. The van der Waals surface area contributed by atoms with E-state index in [9.17, 15) is 9.59 Å². The van der Waals surface area contributed by atoms with E-state index in [-0.39, 0.29) is 18.0 Å². The lowest BCUT2D eigenvalue weighted by Crippen LogP contribution is -2.07. The molecular weight excluding hydrogens is 262 g/mol. The minimum Gasteiger partial charge on any atom is -0.330 e. The number of benzene rings is 1. The van der Waals surface area contributed by atoms with Gasteiger partial charge in [0.2, 0.25) is 0 Å². The molecule has 0 aliphatic carbocycles. The Balaban J connectivity index is 0.000000690. The van der Waals surface area contributed by atoms with Gasteiger partial charge in [-0.05, 0) is 24.4 Å². The van der Waals surface area contributed by atoms with Crippen LogP contribution in [0.15, 0.2) is 24.3 Å². The first kappa shape index (κ1) is 19.5. The number of carbonyl (C=O) groups excluding carboxylic acids is 2. The molecule has 1 rings (SSSR count). The molecule has 3 heteroatoms. The molecule has 2 N–H and O–H groups in total. The van der Waals surface area contributed by atoms with E-state index in [0.717, 1.165) is 6.54 Å². The van der Waals surface area contributed by atoms with Crippen LogP contribution in [-0.4, -0.2) is 18.1 Å². The molecule has 0 aliphatic rings. The zero-order valence-corrected chi connectivity index (χ0v) is 13.8. The number of rotatable bonds is 7. The monoisotopic (exact) mass is 291 g/mol. The molecule has 0 saturated heterocycles. The molecule has 0 spiro atoms. The predicted molar refractivity (Wildman–Crippen MR) is 88.7 cm³/mol. The number of nitrogens with two attached hydrogens (primary N) is 1. The summed E-state index contributed by atoms with van der Waals surface area (Å²) in [6.07, 6.45) is 2.84. The quantitative estimate of drug-likeness (QED) is 0.607. The van der Waals surface area contributed by atoms with E-state index in [1.54, 1.807) is 19.1 Å². The van der Waals surface area contributed by atoms with E-state index in [0.29, 0.717) is 17.9 Å². The summed E-state index contributed by atoms with van der Waals surface area (Å²) >= 11 is 0. The van der Waals surface area contributed by atoms with Crippen molar-refractivity contribution in [3.63, 3.8) is 0 Å². The van der Waals surface area contributed by atoms with Crippen molar-refractivity contribution in [2.75, 3.05) is 6.54 Å². The molecule has 0 aliphatic heterocycles. The maximum absolute atomic E-state index is 11.7. The number of unbranched alkanes of at least 4 members (excludes halogenated alkanes) is 1. The van der Waals surface area contributed by atoms with Crippen LogP contribution in [0, 0.1) is 0 Å². The van der Waals surface area contributed by atoms with Gasteiger partial charge in [0.25, 0.3) is 0 Å². The van der Waals surface area contributed by atoms with Crippen LogP contribution in [-0.2, 0) is 4.79 Å². The van der Waals surface area contributed by atoms with E-state index in [4.69, 9.17) is 5.73 Å². The van der Waals surface area contributed by atoms with Crippen LogP contribution < -0.4 is 5.73 Å². The molecule has 1 aromatic rings. The van der Waals surface area contributed by atoms with Crippen LogP contribution in [0.3, 0.4) is 0 Å². The molecule has 0 saturated carbocycles. The zero-order chi connectivity index (χ0) is 16.3. The molecule has 0 amide bonds. The van der Waals surface area contributed by atoms with Gasteiger partial charge in [-0.1, -0.05) is 58.4 Å². The Labute approximate surface area is 128 Å². The van der Waals surface area contributed by atoms with Gasteiger partial charge >= 0.3 is 0 Å². The van der Waals surface area contributed by atoms with E-state index in [2.05, 4.69) is 20.8 Å². The van der Waals surface area contributed by atoms with Crippen molar-refractivity contribution in [1.29, 1.82) is 0 Å². The lowest BCUT2D eigenvalue weighted by atomic mass is 9.99. The molecule has 21 heavy (non-hydrogen) atoms. The minimum absolute atomic E-state index is 0.00191. The maximum Gasteiger partial charge on any atom is 0.170 e. The first-order chi connectivity index (χ1) is 9.96. The molecule has 0 atom stereocenters. The topological polar surface area (TPSA) is 60.2 Å². The lowest BCUT2D eigenvalue weighted by Gasteiger charge is -2.05. The highest BCUT2D eigenvalue weighted by Gasteiger charge is 2.10. The summed E-state index contributed by atoms with van der Waals surface area (Å²) in [7, 11) is 0. The van der Waals surface area contributed by atoms with Crippen LogP contribution in [0.25, 0.3) is 0 Å². The van der Waals surface area contributed by atoms with Gasteiger partial charge in [0.1, 0.15) is 5.78 Å². The van der Waals surface area contributed by atoms with E-state index < -0.39 is 0 Å². The van der Waals surface area contributed by atoms with Crippen LogP contribution >= 0.6 is 0 Å². The van der Waals surface area contributed by atoms with Crippen molar-refractivity contribution < 1.29 is 9.59 Å². The van der Waals surface area contributed by atoms with Crippen molar-refractivity contribution in [2.24, 2.45) is 5.73 Å². The molecular formula is C18H29NO2. The molecule has 0 heterocycles. The largest absolute Gasteiger partial charge is 0.330 e. The molecule has 0 unspecified atom stereocenters. The van der Waals surface area contributed by atoms with Gasteiger partial charge in [0.15, 0.2) is 5.78 Å². The summed E-state index contributed by atoms with van der Waals surface area (Å²) < 4.78 is 0. The van der Waals surface area contributed by atoms with Crippen molar-refractivity contribution in [2.45, 2.75) is 59.3 Å². The van der Waals surface area contributed by atoms with Gasteiger partial charge in [0, 0.05) is 12.0 Å². The molecule has 0 aromatic heterocycles. The van der Waals surface area contributed by atoms with E-state index in [1.165, 1.54) is 18.4 Å². The third kappa shape index (κ3) is 8.41. The standard InChI is InChI=1S/C14H18O2.C4H11N/c1-4-13(15)9-14(16)12-7-5-11(6-8-12)10(2)3;1-2-3-4-5/h5-8,10H,4,9H2,1-3H3;2-5H2,1H3. The molecule has 118 valence electrons. The Hall–Kier alpha value is -1.48. The normalized spacial score (nSPS) is 10.0.